The molecule has 0 atom stereocenters. The number of benzene rings is 3. The lowest BCUT2D eigenvalue weighted by atomic mass is 10.1. The lowest BCUT2D eigenvalue weighted by Gasteiger charge is -2.15. The maximum Gasteiger partial charge on any atom is 0.214 e. The Balaban J connectivity index is 1.27. The molecular weight excluding hydrogens is 489 g/mol. The van der Waals surface area contributed by atoms with Crippen molar-refractivity contribution in [2.24, 2.45) is 0 Å². The van der Waals surface area contributed by atoms with Crippen LogP contribution in [0.15, 0.2) is 71.9 Å². The number of rotatable bonds is 11. The number of aryl methyl sites for hydroxylation is 1. The summed E-state index contributed by atoms with van der Waals surface area (Å²) in [6, 6.07) is 21.7. The lowest BCUT2D eigenvalue weighted by molar-refractivity contribution is 0.302. The van der Waals surface area contributed by atoms with Gasteiger partial charge in [-0.25, -0.2) is 0 Å². The Hall–Kier alpha value is -2.58. The van der Waals surface area contributed by atoms with Crippen molar-refractivity contribution in [2.75, 3.05) is 12.3 Å². The quantitative estimate of drug-likeness (QED) is 0.192. The third-order valence-corrected chi connectivity index (χ3v) is 6.58. The van der Waals surface area contributed by atoms with Crippen molar-refractivity contribution < 1.29 is 4.74 Å². The fourth-order valence-electron chi connectivity index (χ4n) is 3.33. The summed E-state index contributed by atoms with van der Waals surface area (Å²) in [5.74, 6) is 1.54. The molecule has 176 valence electrons. The smallest absolute Gasteiger partial charge is 0.214 e. The van der Waals surface area contributed by atoms with E-state index in [1.807, 2.05) is 36.4 Å². The summed E-state index contributed by atoms with van der Waals surface area (Å²) >= 11 is 14.3. The molecule has 0 spiro atoms. The topological polar surface area (TPSA) is 64.9 Å². The van der Waals surface area contributed by atoms with Gasteiger partial charge in [-0.2, -0.15) is 4.68 Å². The molecule has 0 fully saturated rings. The van der Waals surface area contributed by atoms with Crippen molar-refractivity contribution in [2.45, 2.75) is 31.7 Å². The van der Waals surface area contributed by atoms with Crippen molar-refractivity contribution in [3.8, 4) is 11.4 Å². The number of nitrogens with one attached hydrogen (secondary N) is 1. The predicted octanol–water partition coefficient (Wildman–Crippen LogP) is 6.13. The highest BCUT2D eigenvalue weighted by Crippen LogP contribution is 2.33. The second-order valence-electron chi connectivity index (χ2n) is 7.74. The van der Waals surface area contributed by atoms with E-state index < -0.39 is 0 Å². The van der Waals surface area contributed by atoms with Crippen LogP contribution in [0.2, 0.25) is 10.0 Å². The summed E-state index contributed by atoms with van der Waals surface area (Å²) < 4.78 is 7.83. The van der Waals surface area contributed by atoms with Crippen LogP contribution in [0.1, 0.15) is 23.1 Å². The van der Waals surface area contributed by atoms with Crippen LogP contribution in [0.4, 0.5) is 0 Å². The van der Waals surface area contributed by atoms with E-state index in [1.165, 1.54) is 5.56 Å². The molecule has 0 unspecified atom stereocenters. The minimum atomic E-state index is 0.446. The van der Waals surface area contributed by atoms with Gasteiger partial charge < -0.3 is 10.1 Å². The summed E-state index contributed by atoms with van der Waals surface area (Å²) in [5.41, 5.74) is 4.19. The first-order chi connectivity index (χ1) is 16.6. The average molecular weight is 514 g/mol. The number of thioether (sulfide) groups is 1. The molecule has 6 nitrogen and oxygen atoms in total. The molecule has 4 aromatic rings. The molecule has 0 radical (unpaired) electrons. The Morgan fingerprint density at radius 2 is 1.82 bits per heavy atom. The second-order valence-corrected chi connectivity index (χ2v) is 9.64. The maximum absolute atomic E-state index is 6.45. The Labute approximate surface area is 213 Å². The van der Waals surface area contributed by atoms with Crippen molar-refractivity contribution in [3.05, 3.63) is 93.5 Å². The molecule has 1 N–H and O–H groups in total. The van der Waals surface area contributed by atoms with Crippen LogP contribution in [0.25, 0.3) is 5.69 Å². The van der Waals surface area contributed by atoms with Gasteiger partial charge in [0.05, 0.1) is 10.7 Å². The van der Waals surface area contributed by atoms with Crippen LogP contribution in [0.5, 0.6) is 5.75 Å². The highest BCUT2D eigenvalue weighted by Gasteiger charge is 2.12. The molecule has 0 saturated carbocycles. The van der Waals surface area contributed by atoms with Gasteiger partial charge in [0.1, 0.15) is 12.4 Å². The van der Waals surface area contributed by atoms with Gasteiger partial charge in [0.2, 0.25) is 5.16 Å². The largest absolute Gasteiger partial charge is 0.487 e. The zero-order valence-electron chi connectivity index (χ0n) is 18.7. The van der Waals surface area contributed by atoms with Crippen molar-refractivity contribution in [1.29, 1.82) is 0 Å². The van der Waals surface area contributed by atoms with Crippen LogP contribution in [-0.4, -0.2) is 32.5 Å². The Kier molecular flexibility index (Phi) is 8.82. The molecule has 3 aromatic carbocycles. The lowest BCUT2D eigenvalue weighted by Crippen LogP contribution is -2.16. The monoisotopic (exact) mass is 513 g/mol. The Morgan fingerprint density at radius 1 is 1.03 bits per heavy atom. The first kappa shape index (κ1) is 24.5. The van der Waals surface area contributed by atoms with Gasteiger partial charge in [-0.1, -0.05) is 83.0 Å². The second kappa shape index (κ2) is 12.2. The summed E-state index contributed by atoms with van der Waals surface area (Å²) in [6.07, 6.45) is 0.945. The predicted molar refractivity (Wildman–Crippen MR) is 138 cm³/mol. The van der Waals surface area contributed by atoms with Crippen LogP contribution in [0, 0.1) is 6.92 Å². The van der Waals surface area contributed by atoms with E-state index in [2.05, 4.69) is 52.0 Å². The zero-order valence-corrected chi connectivity index (χ0v) is 21.1. The molecular formula is C25H25Cl2N5OS. The highest BCUT2D eigenvalue weighted by atomic mass is 35.5. The van der Waals surface area contributed by atoms with Gasteiger partial charge in [-0.3, -0.25) is 0 Å². The summed E-state index contributed by atoms with van der Waals surface area (Å²) in [7, 11) is 0. The number of ether oxygens (including phenoxy) is 1. The molecule has 4 rings (SSSR count). The Morgan fingerprint density at radius 3 is 2.62 bits per heavy atom. The van der Waals surface area contributed by atoms with E-state index in [1.54, 1.807) is 22.5 Å². The van der Waals surface area contributed by atoms with Gasteiger partial charge in [-0.05, 0) is 60.1 Å². The van der Waals surface area contributed by atoms with E-state index in [0.29, 0.717) is 28.9 Å². The fourth-order valence-corrected chi connectivity index (χ4v) is 4.75. The normalized spacial score (nSPS) is 11.0. The van der Waals surface area contributed by atoms with Gasteiger partial charge in [-0.15, -0.1) is 5.10 Å². The van der Waals surface area contributed by atoms with Gasteiger partial charge >= 0.3 is 0 Å². The van der Waals surface area contributed by atoms with Crippen LogP contribution in [-0.2, 0) is 13.2 Å². The standard InChI is InChI=1S/C25H25Cl2N5OS/c1-18-8-10-19(11-9-18)17-33-24-20(14-21(26)15-23(24)27)16-28-12-5-13-34-25-29-30-31-32(25)22-6-3-2-4-7-22/h2-4,6-11,14-15,28H,5,12-13,16-17H2,1H3. The molecule has 1 heterocycles. The SMILES string of the molecule is Cc1ccc(COc2c(Cl)cc(Cl)cc2CNCCCSc2nnnn2-c2ccccc2)cc1. The minimum Gasteiger partial charge on any atom is -0.487 e. The molecule has 0 aliphatic rings. The molecule has 0 aliphatic carbocycles. The molecule has 0 bridgehead atoms. The van der Waals surface area contributed by atoms with Gasteiger partial charge in [0.25, 0.3) is 0 Å². The first-order valence-electron chi connectivity index (χ1n) is 10.9. The maximum atomic E-state index is 6.45. The summed E-state index contributed by atoms with van der Waals surface area (Å²) in [5, 5.41) is 17.4. The first-order valence-corrected chi connectivity index (χ1v) is 12.7. The molecule has 0 amide bonds. The van der Waals surface area contributed by atoms with Crippen LogP contribution < -0.4 is 10.1 Å². The number of nitrogens with zero attached hydrogens (tertiary/aromatic N) is 4. The highest BCUT2D eigenvalue weighted by molar-refractivity contribution is 7.99. The van der Waals surface area contributed by atoms with Crippen LogP contribution in [0.3, 0.4) is 0 Å². The summed E-state index contributed by atoms with van der Waals surface area (Å²) in [4.78, 5) is 0. The van der Waals surface area contributed by atoms with Gasteiger partial charge in [0, 0.05) is 22.9 Å². The number of tetrazole rings is 1. The number of para-hydroxylation sites is 1. The number of hydrogen-bond donors (Lipinski definition) is 1. The van der Waals surface area contributed by atoms with Crippen molar-refractivity contribution in [3.63, 3.8) is 0 Å². The average Bonchev–Trinajstić information content (AvgIpc) is 3.31. The third-order valence-electron chi connectivity index (χ3n) is 5.08. The van der Waals surface area contributed by atoms with E-state index in [4.69, 9.17) is 27.9 Å². The Bertz CT molecular complexity index is 1200. The van der Waals surface area contributed by atoms with E-state index in [0.717, 1.165) is 40.7 Å². The summed E-state index contributed by atoms with van der Waals surface area (Å²) in [6.45, 7) is 3.94. The fraction of sp³-hybridized carbons (Fsp3) is 0.240. The number of hydrogen-bond acceptors (Lipinski definition) is 6. The minimum absolute atomic E-state index is 0.446. The van der Waals surface area contributed by atoms with Crippen molar-refractivity contribution in [1.82, 2.24) is 25.5 Å². The van der Waals surface area contributed by atoms with E-state index in [-0.39, 0.29) is 0 Å². The van der Waals surface area contributed by atoms with Crippen molar-refractivity contribution >= 4 is 35.0 Å². The zero-order chi connectivity index (χ0) is 23.8. The van der Waals surface area contributed by atoms with E-state index in [9.17, 15) is 0 Å². The van der Waals surface area contributed by atoms with E-state index >= 15 is 0 Å². The number of aromatic nitrogens is 4. The van der Waals surface area contributed by atoms with Gasteiger partial charge in [0.15, 0.2) is 0 Å². The number of halogens is 2. The molecule has 0 aliphatic heterocycles. The molecule has 9 heteroatoms. The molecule has 0 saturated heterocycles. The van der Waals surface area contributed by atoms with Crippen LogP contribution >= 0.6 is 35.0 Å². The molecule has 1 aromatic heterocycles. The third kappa shape index (κ3) is 6.73. The molecule has 34 heavy (non-hydrogen) atoms.